The van der Waals surface area contributed by atoms with Gasteiger partial charge in [0.25, 0.3) is 0 Å². The summed E-state index contributed by atoms with van der Waals surface area (Å²) >= 11 is 0. The molecule has 132 valence electrons. The summed E-state index contributed by atoms with van der Waals surface area (Å²) in [5.74, 6) is 1.09. The average Bonchev–Trinajstić information content (AvgIpc) is 2.61. The van der Waals surface area contributed by atoms with Gasteiger partial charge in [0, 0.05) is 12.1 Å². The van der Waals surface area contributed by atoms with E-state index in [1.165, 1.54) is 61.5 Å². The van der Waals surface area contributed by atoms with Crippen molar-refractivity contribution >= 4 is 10.8 Å². The largest absolute Gasteiger partial charge is 1.00 e. The van der Waals surface area contributed by atoms with Crippen LogP contribution in [0.15, 0.2) is 36.4 Å². The van der Waals surface area contributed by atoms with Gasteiger partial charge in [0.05, 0.1) is 0 Å². The zero-order valence-electron chi connectivity index (χ0n) is 14.8. The van der Waals surface area contributed by atoms with Gasteiger partial charge in [0.15, 0.2) is 0 Å². The fourth-order valence-corrected chi connectivity index (χ4v) is 3.53. The van der Waals surface area contributed by atoms with E-state index < -0.39 is 0 Å². The molecule has 1 heterocycles. The molecular weight excluding hydrogens is 318 g/mol. The van der Waals surface area contributed by atoms with Crippen molar-refractivity contribution in [1.82, 2.24) is 4.90 Å². The van der Waals surface area contributed by atoms with Crippen LogP contribution in [0.25, 0.3) is 10.8 Å². The maximum Gasteiger partial charge on any atom is 0.123 e. The van der Waals surface area contributed by atoms with Crippen LogP contribution in [0.2, 0.25) is 0 Å². The van der Waals surface area contributed by atoms with E-state index in [1.807, 2.05) is 0 Å². The lowest BCUT2D eigenvalue weighted by atomic mass is 9.99. The zero-order chi connectivity index (χ0) is 15.9. The van der Waals surface area contributed by atoms with E-state index >= 15 is 0 Å². The lowest BCUT2D eigenvalue weighted by Crippen LogP contribution is -3.00. The molecule has 0 atom stereocenters. The zero-order valence-corrected chi connectivity index (χ0v) is 15.5. The lowest BCUT2D eigenvalue weighted by Gasteiger charge is -2.26. The summed E-state index contributed by atoms with van der Waals surface area (Å²) < 4.78 is 6.20. The molecule has 1 saturated heterocycles. The number of unbranched alkanes of at least 4 members (excludes halogenated alkanes) is 1. The highest BCUT2D eigenvalue weighted by molar-refractivity contribution is 5.87. The second kappa shape index (κ2) is 9.90. The third kappa shape index (κ3) is 4.87. The molecule has 1 aliphatic rings. The molecule has 0 spiro atoms. The maximum atomic E-state index is 6.20. The van der Waals surface area contributed by atoms with Gasteiger partial charge in [-0.2, -0.15) is 0 Å². The van der Waals surface area contributed by atoms with Crippen LogP contribution in [0.1, 0.15) is 44.6 Å². The minimum Gasteiger partial charge on any atom is -1.00 e. The van der Waals surface area contributed by atoms with Crippen molar-refractivity contribution in [3.8, 4) is 5.75 Å². The number of rotatable bonds is 7. The number of aryl methyl sites for hydroxylation is 1. The van der Waals surface area contributed by atoms with Gasteiger partial charge in [-0.25, -0.2) is 0 Å². The van der Waals surface area contributed by atoms with E-state index in [4.69, 9.17) is 4.74 Å². The fourth-order valence-electron chi connectivity index (χ4n) is 3.53. The lowest BCUT2D eigenvalue weighted by molar-refractivity contribution is -0.00000518. The molecule has 0 aromatic heterocycles. The summed E-state index contributed by atoms with van der Waals surface area (Å²) in [7, 11) is 0. The summed E-state index contributed by atoms with van der Waals surface area (Å²) in [5.41, 5.74) is 1.39. The number of hydrogen-bond donors (Lipinski definition) is 0. The van der Waals surface area contributed by atoms with Crippen LogP contribution < -0.4 is 17.1 Å². The number of likely N-dealkylation sites (tertiary alicyclic amines) is 1. The van der Waals surface area contributed by atoms with Crippen LogP contribution >= 0.6 is 0 Å². The first-order valence-electron chi connectivity index (χ1n) is 9.24. The van der Waals surface area contributed by atoms with Gasteiger partial charge in [-0.05, 0) is 55.6 Å². The molecule has 1 aliphatic heterocycles. The predicted molar refractivity (Wildman–Crippen MR) is 98.3 cm³/mol. The van der Waals surface area contributed by atoms with Gasteiger partial charge in [0.1, 0.15) is 12.4 Å². The van der Waals surface area contributed by atoms with Crippen molar-refractivity contribution in [2.24, 2.45) is 0 Å². The van der Waals surface area contributed by atoms with E-state index in [0.29, 0.717) is 0 Å². The van der Waals surface area contributed by atoms with Crippen molar-refractivity contribution in [3.05, 3.63) is 42.0 Å². The summed E-state index contributed by atoms with van der Waals surface area (Å²) in [6.45, 7) is 6.59. The van der Waals surface area contributed by atoms with Crippen LogP contribution in [0, 0.1) is 0 Å². The Kier molecular flexibility index (Phi) is 7.87. The van der Waals surface area contributed by atoms with E-state index in [0.717, 1.165) is 25.3 Å². The number of nitrogens with zero attached hydrogens (tertiary/aromatic N) is 1. The van der Waals surface area contributed by atoms with Gasteiger partial charge < -0.3 is 17.1 Å². The third-order valence-corrected chi connectivity index (χ3v) is 4.89. The van der Waals surface area contributed by atoms with Crippen LogP contribution in [0.3, 0.4) is 0 Å². The Bertz CT molecular complexity index is 622. The summed E-state index contributed by atoms with van der Waals surface area (Å²) in [6.07, 6.45) is 7.63. The minimum atomic E-state index is 0. The summed E-state index contributed by atoms with van der Waals surface area (Å²) in [4.78, 5) is 2.54. The Morgan fingerprint density at radius 3 is 2.58 bits per heavy atom. The van der Waals surface area contributed by atoms with E-state index in [2.05, 4.69) is 48.2 Å². The van der Waals surface area contributed by atoms with E-state index in [9.17, 15) is 0 Å². The van der Waals surface area contributed by atoms with Gasteiger partial charge in [-0.3, -0.25) is 4.90 Å². The topological polar surface area (TPSA) is 12.5 Å². The van der Waals surface area contributed by atoms with Gasteiger partial charge in [0.2, 0.25) is 0 Å². The monoisotopic (exact) mass is 346 g/mol. The molecule has 2 nitrogen and oxygen atoms in total. The Morgan fingerprint density at radius 1 is 1.00 bits per heavy atom. The standard InChI is InChI=1S/C21H29NO.ClH/c1-2-3-10-20-19-11-6-5-9-18(19)12-13-21(20)23-17-16-22-14-7-4-8-15-22;/h5-6,9,11-13H,2-4,7-8,10,14-17H2,1H3;1H/p-1. The van der Waals surface area contributed by atoms with Crippen LogP contribution in [-0.2, 0) is 6.42 Å². The fraction of sp³-hybridized carbons (Fsp3) is 0.524. The first-order chi connectivity index (χ1) is 11.4. The number of halogens is 1. The smallest absolute Gasteiger partial charge is 0.123 e. The Morgan fingerprint density at radius 2 is 1.79 bits per heavy atom. The number of hydrogen-bond acceptors (Lipinski definition) is 2. The number of ether oxygens (including phenoxy) is 1. The Labute approximate surface area is 152 Å². The molecule has 0 aliphatic carbocycles. The van der Waals surface area contributed by atoms with Gasteiger partial charge in [-0.1, -0.05) is 50.1 Å². The highest BCUT2D eigenvalue weighted by Crippen LogP contribution is 2.29. The first-order valence-corrected chi connectivity index (χ1v) is 9.24. The summed E-state index contributed by atoms with van der Waals surface area (Å²) in [6, 6.07) is 13.0. The quantitative estimate of drug-likeness (QED) is 0.761. The highest BCUT2D eigenvalue weighted by atomic mass is 35.5. The van der Waals surface area contributed by atoms with Crippen molar-refractivity contribution in [2.45, 2.75) is 45.4 Å². The summed E-state index contributed by atoms with van der Waals surface area (Å²) in [5, 5.41) is 2.68. The Balaban J connectivity index is 0.00000208. The number of piperidine rings is 1. The minimum absolute atomic E-state index is 0. The van der Waals surface area contributed by atoms with Crippen molar-refractivity contribution in [1.29, 1.82) is 0 Å². The first kappa shape index (κ1) is 19.1. The van der Waals surface area contributed by atoms with Crippen molar-refractivity contribution in [2.75, 3.05) is 26.2 Å². The molecule has 0 amide bonds. The van der Waals surface area contributed by atoms with E-state index in [1.54, 1.807) is 0 Å². The van der Waals surface area contributed by atoms with Crippen molar-refractivity contribution in [3.63, 3.8) is 0 Å². The highest BCUT2D eigenvalue weighted by Gasteiger charge is 2.12. The second-order valence-corrected chi connectivity index (χ2v) is 6.62. The molecule has 2 aromatic rings. The van der Waals surface area contributed by atoms with Crippen LogP contribution in [0.5, 0.6) is 5.75 Å². The molecule has 3 rings (SSSR count). The number of fused-ring (bicyclic) bond motifs is 1. The SMILES string of the molecule is CCCCc1c(OCCN2CCCCC2)ccc2ccccc12.[Cl-]. The Hall–Kier alpha value is -1.25. The molecular formula is C21H29ClNO-. The molecule has 1 fully saturated rings. The van der Waals surface area contributed by atoms with Gasteiger partial charge >= 0.3 is 0 Å². The average molecular weight is 347 g/mol. The second-order valence-electron chi connectivity index (χ2n) is 6.62. The predicted octanol–water partition coefficient (Wildman–Crippen LogP) is 2.05. The molecule has 0 unspecified atom stereocenters. The van der Waals surface area contributed by atoms with Crippen LogP contribution in [-0.4, -0.2) is 31.1 Å². The van der Waals surface area contributed by atoms with Crippen LogP contribution in [0.4, 0.5) is 0 Å². The molecule has 3 heteroatoms. The molecule has 2 aromatic carbocycles. The van der Waals surface area contributed by atoms with E-state index in [-0.39, 0.29) is 12.4 Å². The maximum absolute atomic E-state index is 6.20. The molecule has 24 heavy (non-hydrogen) atoms. The third-order valence-electron chi connectivity index (χ3n) is 4.89. The number of benzene rings is 2. The normalized spacial score (nSPS) is 15.2. The molecule has 0 N–H and O–H groups in total. The van der Waals surface area contributed by atoms with Gasteiger partial charge in [-0.15, -0.1) is 0 Å². The molecule has 0 radical (unpaired) electrons. The van der Waals surface area contributed by atoms with Crippen molar-refractivity contribution < 1.29 is 17.1 Å². The molecule has 0 saturated carbocycles. The molecule has 0 bridgehead atoms.